The van der Waals surface area contributed by atoms with E-state index in [-0.39, 0.29) is 0 Å². The monoisotopic (exact) mass is 206 g/mol. The van der Waals surface area contributed by atoms with Gasteiger partial charge in [-0.1, -0.05) is 24.4 Å². The molecule has 0 unspecified atom stereocenters. The van der Waals surface area contributed by atoms with Crippen molar-refractivity contribution in [1.29, 1.82) is 0 Å². The molecular weight excluding hydrogens is 200 g/mol. The van der Waals surface area contributed by atoms with Crippen molar-refractivity contribution in [3.05, 3.63) is 36.2 Å². The molecule has 0 aliphatic carbocycles. The van der Waals surface area contributed by atoms with E-state index in [0.717, 1.165) is 11.0 Å². The summed E-state index contributed by atoms with van der Waals surface area (Å²) in [5.41, 5.74) is 2.37. The van der Waals surface area contributed by atoms with Crippen molar-refractivity contribution in [2.45, 2.75) is 0 Å². The molecule has 2 aromatic rings. The summed E-state index contributed by atoms with van der Waals surface area (Å²) < 4.78 is 0.471. The third kappa shape index (κ3) is 1.68. The number of thiol groups is 1. The second-order valence-corrected chi connectivity index (χ2v) is 3.71. The van der Waals surface area contributed by atoms with Gasteiger partial charge >= 0.3 is 0 Å². The van der Waals surface area contributed by atoms with Gasteiger partial charge in [0.2, 0.25) is 0 Å². The second-order valence-electron chi connectivity index (χ2n) is 2.55. The number of aromatic nitrogens is 2. The van der Waals surface area contributed by atoms with Crippen LogP contribution in [0.5, 0.6) is 0 Å². The first kappa shape index (κ1) is 8.59. The average Bonchev–Trinajstić information content (AvgIpc) is 2.17. The molecule has 0 N–H and O–H groups in total. The summed E-state index contributed by atoms with van der Waals surface area (Å²) >= 11 is 8.93. The minimum atomic E-state index is 0.471. The van der Waals surface area contributed by atoms with Crippen LogP contribution >= 0.6 is 24.8 Å². The van der Waals surface area contributed by atoms with Crippen molar-refractivity contribution in [1.82, 2.24) is 9.97 Å². The summed E-state index contributed by atoms with van der Waals surface area (Å²) in [5, 5.41) is 0. The normalized spacial score (nSPS) is 10.2. The van der Waals surface area contributed by atoms with Crippen LogP contribution in [0.1, 0.15) is 5.69 Å². The Hall–Kier alpha value is -1.00. The van der Waals surface area contributed by atoms with Gasteiger partial charge in [0.25, 0.3) is 0 Å². The van der Waals surface area contributed by atoms with Gasteiger partial charge in [0.15, 0.2) is 0 Å². The second kappa shape index (κ2) is 3.40. The Labute approximate surface area is 86.4 Å². The molecule has 0 aliphatic rings. The first-order valence-electron chi connectivity index (χ1n) is 3.72. The lowest BCUT2D eigenvalue weighted by Gasteiger charge is -1.98. The van der Waals surface area contributed by atoms with Gasteiger partial charge in [-0.05, 0) is 12.1 Å². The Morgan fingerprint density at radius 3 is 2.62 bits per heavy atom. The van der Waals surface area contributed by atoms with Crippen LogP contribution in [0.3, 0.4) is 0 Å². The number of thiocarbonyl (C=S) groups is 1. The van der Waals surface area contributed by atoms with Gasteiger partial charge in [-0.3, -0.25) is 4.98 Å². The Morgan fingerprint density at radius 2 is 1.92 bits per heavy atom. The molecule has 0 saturated carbocycles. The van der Waals surface area contributed by atoms with Crippen LogP contribution in [-0.4, -0.2) is 14.2 Å². The van der Waals surface area contributed by atoms with E-state index < -0.39 is 0 Å². The molecule has 0 bridgehead atoms. The van der Waals surface area contributed by atoms with Crippen LogP contribution in [0, 0.1) is 0 Å². The Bertz CT molecular complexity index is 468. The van der Waals surface area contributed by atoms with Gasteiger partial charge in [0.05, 0.1) is 21.4 Å². The lowest BCUT2D eigenvalue weighted by atomic mass is 10.3. The third-order valence-electron chi connectivity index (χ3n) is 1.67. The maximum atomic E-state index is 4.89. The van der Waals surface area contributed by atoms with Crippen LogP contribution < -0.4 is 0 Å². The largest absolute Gasteiger partial charge is 0.252 e. The van der Waals surface area contributed by atoms with Crippen LogP contribution in [0.25, 0.3) is 11.0 Å². The highest BCUT2D eigenvalue weighted by Crippen LogP contribution is 2.09. The first-order valence-corrected chi connectivity index (χ1v) is 4.58. The summed E-state index contributed by atoms with van der Waals surface area (Å²) in [6.07, 6.45) is 1.64. The van der Waals surface area contributed by atoms with E-state index in [0.29, 0.717) is 9.89 Å². The molecule has 2 nitrogen and oxygen atoms in total. The van der Waals surface area contributed by atoms with Crippen molar-refractivity contribution in [3.8, 4) is 0 Å². The van der Waals surface area contributed by atoms with E-state index in [2.05, 4.69) is 22.6 Å². The lowest BCUT2D eigenvalue weighted by Crippen LogP contribution is -1.94. The fraction of sp³-hybridized carbons (Fsp3) is 0. The Balaban J connectivity index is 2.69. The SMILES string of the molecule is S=C(S)c1cnc2ccccc2n1. The molecular formula is C9H6N2S2. The molecule has 2 rings (SSSR count). The molecule has 1 aromatic carbocycles. The highest BCUT2D eigenvalue weighted by molar-refractivity contribution is 8.11. The number of fused-ring (bicyclic) bond motifs is 1. The van der Waals surface area contributed by atoms with Crippen molar-refractivity contribution >= 4 is 40.1 Å². The molecule has 1 heterocycles. The van der Waals surface area contributed by atoms with Crippen molar-refractivity contribution in [2.24, 2.45) is 0 Å². The maximum Gasteiger partial charge on any atom is 0.106 e. The lowest BCUT2D eigenvalue weighted by molar-refractivity contribution is 1.28. The van der Waals surface area contributed by atoms with Crippen LogP contribution in [0.4, 0.5) is 0 Å². The summed E-state index contributed by atoms with van der Waals surface area (Å²) in [5.74, 6) is 0. The molecule has 13 heavy (non-hydrogen) atoms. The molecule has 0 saturated heterocycles. The number of nitrogens with zero attached hydrogens (tertiary/aromatic N) is 2. The molecule has 0 amide bonds. The third-order valence-corrected chi connectivity index (χ3v) is 2.11. The number of para-hydroxylation sites is 2. The van der Waals surface area contributed by atoms with Gasteiger partial charge in [0.1, 0.15) is 5.69 Å². The molecule has 64 valence electrons. The molecule has 0 radical (unpaired) electrons. The van der Waals surface area contributed by atoms with Crippen LogP contribution in [0.2, 0.25) is 0 Å². The summed E-state index contributed by atoms with van der Waals surface area (Å²) in [4.78, 5) is 8.50. The van der Waals surface area contributed by atoms with Crippen molar-refractivity contribution in [3.63, 3.8) is 0 Å². The van der Waals surface area contributed by atoms with E-state index >= 15 is 0 Å². The quantitative estimate of drug-likeness (QED) is 0.572. The molecule has 0 spiro atoms. The first-order chi connectivity index (χ1) is 6.27. The molecule has 0 atom stereocenters. The van der Waals surface area contributed by atoms with Crippen LogP contribution in [-0.2, 0) is 0 Å². The van der Waals surface area contributed by atoms with Crippen LogP contribution in [0.15, 0.2) is 30.5 Å². The molecule has 0 fully saturated rings. The van der Waals surface area contributed by atoms with E-state index in [1.165, 1.54) is 0 Å². The Morgan fingerprint density at radius 1 is 1.23 bits per heavy atom. The van der Waals surface area contributed by atoms with Gasteiger partial charge in [0, 0.05) is 0 Å². The topological polar surface area (TPSA) is 25.8 Å². The van der Waals surface area contributed by atoms with E-state index in [9.17, 15) is 0 Å². The van der Waals surface area contributed by atoms with Gasteiger partial charge in [-0.25, -0.2) is 4.98 Å². The Kier molecular flexibility index (Phi) is 2.24. The number of hydrogen-bond acceptors (Lipinski definition) is 3. The fourth-order valence-electron chi connectivity index (χ4n) is 1.06. The average molecular weight is 206 g/mol. The standard InChI is InChI=1S/C9H6N2S2/c12-9(13)8-5-10-6-3-1-2-4-7(6)11-8/h1-5H,(H,12,13). The van der Waals surface area contributed by atoms with Crippen molar-refractivity contribution in [2.75, 3.05) is 0 Å². The zero-order chi connectivity index (χ0) is 9.26. The van der Waals surface area contributed by atoms with E-state index in [1.54, 1.807) is 6.20 Å². The van der Waals surface area contributed by atoms with E-state index in [4.69, 9.17) is 12.2 Å². The summed E-state index contributed by atoms with van der Waals surface area (Å²) in [6.45, 7) is 0. The number of hydrogen-bond donors (Lipinski definition) is 1. The molecule has 4 heteroatoms. The van der Waals surface area contributed by atoms with Gasteiger partial charge < -0.3 is 0 Å². The number of rotatable bonds is 1. The van der Waals surface area contributed by atoms with E-state index in [1.807, 2.05) is 24.3 Å². The zero-order valence-electron chi connectivity index (χ0n) is 6.64. The minimum Gasteiger partial charge on any atom is -0.252 e. The highest BCUT2D eigenvalue weighted by Gasteiger charge is 2.00. The predicted octanol–water partition coefficient (Wildman–Crippen LogP) is 2.24. The summed E-state index contributed by atoms with van der Waals surface area (Å²) in [6, 6.07) is 7.66. The van der Waals surface area contributed by atoms with Gasteiger partial charge in [-0.15, -0.1) is 12.6 Å². The highest BCUT2D eigenvalue weighted by atomic mass is 32.1. The zero-order valence-corrected chi connectivity index (χ0v) is 8.35. The molecule has 0 aliphatic heterocycles. The molecule has 1 aromatic heterocycles. The maximum absolute atomic E-state index is 4.89. The van der Waals surface area contributed by atoms with Gasteiger partial charge in [-0.2, -0.15) is 0 Å². The van der Waals surface area contributed by atoms with Crippen molar-refractivity contribution < 1.29 is 0 Å². The smallest absolute Gasteiger partial charge is 0.106 e. The number of benzene rings is 1. The fourth-order valence-corrected chi connectivity index (χ4v) is 1.27. The minimum absolute atomic E-state index is 0.471. The predicted molar refractivity (Wildman–Crippen MR) is 60.2 cm³/mol. The summed E-state index contributed by atoms with van der Waals surface area (Å²) in [7, 11) is 0.